The van der Waals surface area contributed by atoms with E-state index < -0.39 is 17.3 Å². The standard InChI is InChI=1S/C17H14FN3O4S2/c1-8(13(22)20-17(24)25-2)27-16-19-14(23)12-11(7-26-15(12)21-16)9-3-5-10(18)6-4-9/h3-8H,1-2H3,(H,19,21,23)(H,20,22,24)/t8-/m0/s1. The number of aromatic amines is 1. The van der Waals surface area contributed by atoms with E-state index in [0.29, 0.717) is 21.3 Å². The molecule has 0 saturated heterocycles. The Labute approximate surface area is 161 Å². The van der Waals surface area contributed by atoms with Crippen LogP contribution in [0, 0.1) is 5.82 Å². The highest BCUT2D eigenvalue weighted by Gasteiger charge is 2.20. The summed E-state index contributed by atoms with van der Waals surface area (Å²) in [6.45, 7) is 1.57. The van der Waals surface area contributed by atoms with Gasteiger partial charge in [0, 0.05) is 10.9 Å². The van der Waals surface area contributed by atoms with Crippen molar-refractivity contribution < 1.29 is 18.7 Å². The van der Waals surface area contributed by atoms with E-state index in [9.17, 15) is 18.8 Å². The third kappa shape index (κ3) is 4.17. The number of methoxy groups -OCH3 is 1. The molecule has 2 N–H and O–H groups in total. The molecule has 27 heavy (non-hydrogen) atoms. The van der Waals surface area contributed by atoms with E-state index in [0.717, 1.165) is 18.9 Å². The van der Waals surface area contributed by atoms with E-state index in [1.54, 1.807) is 24.4 Å². The first kappa shape index (κ1) is 19.1. The van der Waals surface area contributed by atoms with Crippen LogP contribution in [0.15, 0.2) is 39.6 Å². The Morgan fingerprint density at radius 2 is 2.04 bits per heavy atom. The lowest BCUT2D eigenvalue weighted by Crippen LogP contribution is -2.36. The maximum Gasteiger partial charge on any atom is 0.413 e. The van der Waals surface area contributed by atoms with Gasteiger partial charge < -0.3 is 9.72 Å². The fraction of sp³-hybridized carbons (Fsp3) is 0.176. The Hall–Kier alpha value is -2.72. The van der Waals surface area contributed by atoms with Crippen LogP contribution in [-0.4, -0.2) is 34.3 Å². The number of carbonyl (C=O) groups is 2. The van der Waals surface area contributed by atoms with Crippen LogP contribution in [0.5, 0.6) is 0 Å². The summed E-state index contributed by atoms with van der Waals surface area (Å²) in [5.74, 6) is -0.920. The number of alkyl carbamates (subject to hydrolysis) is 1. The zero-order chi connectivity index (χ0) is 19.6. The van der Waals surface area contributed by atoms with Crippen LogP contribution in [0.2, 0.25) is 0 Å². The number of imide groups is 1. The Balaban J connectivity index is 1.88. The van der Waals surface area contributed by atoms with E-state index in [4.69, 9.17) is 0 Å². The second-order valence-electron chi connectivity index (χ2n) is 5.45. The molecule has 10 heteroatoms. The van der Waals surface area contributed by atoms with Gasteiger partial charge in [0.25, 0.3) is 5.56 Å². The van der Waals surface area contributed by atoms with Crippen molar-refractivity contribution in [1.82, 2.24) is 15.3 Å². The van der Waals surface area contributed by atoms with Crippen molar-refractivity contribution in [1.29, 1.82) is 0 Å². The fourth-order valence-corrected chi connectivity index (χ4v) is 4.10. The minimum Gasteiger partial charge on any atom is -0.453 e. The molecule has 0 unspecified atom stereocenters. The van der Waals surface area contributed by atoms with Crippen LogP contribution < -0.4 is 10.9 Å². The van der Waals surface area contributed by atoms with Crippen molar-refractivity contribution in [3.63, 3.8) is 0 Å². The van der Waals surface area contributed by atoms with Crippen molar-refractivity contribution in [3.8, 4) is 11.1 Å². The summed E-state index contributed by atoms with van der Waals surface area (Å²) < 4.78 is 17.5. The van der Waals surface area contributed by atoms with Crippen molar-refractivity contribution in [3.05, 3.63) is 45.8 Å². The molecule has 7 nitrogen and oxygen atoms in total. The molecule has 1 aromatic carbocycles. The average molecular weight is 407 g/mol. The lowest BCUT2D eigenvalue weighted by Gasteiger charge is -2.09. The van der Waals surface area contributed by atoms with Gasteiger partial charge in [0.2, 0.25) is 5.91 Å². The highest BCUT2D eigenvalue weighted by atomic mass is 32.2. The number of benzene rings is 1. The molecule has 1 atom stereocenters. The molecular weight excluding hydrogens is 393 g/mol. The Kier molecular flexibility index (Phi) is 5.57. The molecular formula is C17H14FN3O4S2. The number of amides is 2. The van der Waals surface area contributed by atoms with Crippen molar-refractivity contribution in [2.24, 2.45) is 0 Å². The molecule has 140 valence electrons. The van der Waals surface area contributed by atoms with Crippen LogP contribution in [-0.2, 0) is 9.53 Å². The largest absolute Gasteiger partial charge is 0.453 e. The molecule has 0 aliphatic rings. The summed E-state index contributed by atoms with van der Waals surface area (Å²) >= 11 is 2.29. The first-order valence-corrected chi connectivity index (χ1v) is 9.48. The molecule has 0 fully saturated rings. The first-order valence-electron chi connectivity index (χ1n) is 7.72. The summed E-state index contributed by atoms with van der Waals surface area (Å²) in [6.07, 6.45) is -0.855. The van der Waals surface area contributed by atoms with E-state index in [-0.39, 0.29) is 16.5 Å². The number of ether oxygens (including phenoxy) is 1. The van der Waals surface area contributed by atoms with Crippen molar-refractivity contribution >= 4 is 45.3 Å². The van der Waals surface area contributed by atoms with Gasteiger partial charge in [-0.1, -0.05) is 23.9 Å². The second-order valence-corrected chi connectivity index (χ2v) is 7.64. The number of aromatic nitrogens is 2. The number of halogens is 1. The average Bonchev–Trinajstić information content (AvgIpc) is 3.06. The molecule has 0 radical (unpaired) electrons. The third-order valence-corrected chi connectivity index (χ3v) is 5.50. The maximum atomic E-state index is 13.1. The summed E-state index contributed by atoms with van der Waals surface area (Å²) in [7, 11) is 1.16. The lowest BCUT2D eigenvalue weighted by molar-refractivity contribution is -0.119. The minimum atomic E-state index is -0.855. The topological polar surface area (TPSA) is 101 Å². The van der Waals surface area contributed by atoms with Crippen LogP contribution in [0.4, 0.5) is 9.18 Å². The van der Waals surface area contributed by atoms with E-state index in [2.05, 4.69) is 20.0 Å². The van der Waals surface area contributed by atoms with Crippen LogP contribution in [0.3, 0.4) is 0 Å². The van der Waals surface area contributed by atoms with Gasteiger partial charge in [-0.3, -0.25) is 14.9 Å². The van der Waals surface area contributed by atoms with Crippen LogP contribution in [0.25, 0.3) is 21.3 Å². The predicted molar refractivity (Wildman–Crippen MR) is 102 cm³/mol. The molecule has 0 saturated carbocycles. The van der Waals surface area contributed by atoms with Crippen molar-refractivity contribution in [2.45, 2.75) is 17.3 Å². The highest BCUT2D eigenvalue weighted by molar-refractivity contribution is 8.00. The molecule has 0 spiro atoms. The molecule has 3 rings (SSSR count). The normalized spacial score (nSPS) is 12.0. The number of H-pyrrole nitrogens is 1. The minimum absolute atomic E-state index is 0.257. The van der Waals surface area contributed by atoms with Gasteiger partial charge >= 0.3 is 6.09 Å². The van der Waals surface area contributed by atoms with Crippen LogP contribution >= 0.6 is 23.1 Å². The van der Waals surface area contributed by atoms with Gasteiger partial charge in [-0.05, 0) is 24.6 Å². The summed E-state index contributed by atoms with van der Waals surface area (Å²) in [6, 6.07) is 5.84. The van der Waals surface area contributed by atoms with Gasteiger partial charge in [-0.15, -0.1) is 11.3 Å². The SMILES string of the molecule is COC(=O)NC(=O)[C@H](C)Sc1nc2scc(-c3ccc(F)cc3)c2c(=O)[nH]1. The van der Waals surface area contributed by atoms with E-state index >= 15 is 0 Å². The lowest BCUT2D eigenvalue weighted by atomic mass is 10.1. The smallest absolute Gasteiger partial charge is 0.413 e. The summed E-state index contributed by atoms with van der Waals surface area (Å²) in [5, 5.41) is 3.83. The van der Waals surface area contributed by atoms with Crippen LogP contribution in [0.1, 0.15) is 6.92 Å². The third-order valence-electron chi connectivity index (χ3n) is 3.65. The number of hydrogen-bond donors (Lipinski definition) is 2. The number of carbonyl (C=O) groups excluding carboxylic acids is 2. The Bertz CT molecular complexity index is 1060. The van der Waals surface area contributed by atoms with E-state index in [1.165, 1.54) is 23.5 Å². The molecule has 2 amide bonds. The number of fused-ring (bicyclic) bond motifs is 1. The van der Waals surface area contributed by atoms with Gasteiger partial charge in [0.05, 0.1) is 17.7 Å². The second kappa shape index (κ2) is 7.89. The Morgan fingerprint density at radius 3 is 2.70 bits per heavy atom. The highest BCUT2D eigenvalue weighted by Crippen LogP contribution is 2.32. The van der Waals surface area contributed by atoms with Gasteiger partial charge in [0.1, 0.15) is 10.6 Å². The number of rotatable bonds is 4. The molecule has 0 aliphatic heterocycles. The Morgan fingerprint density at radius 1 is 1.33 bits per heavy atom. The maximum absolute atomic E-state index is 13.1. The number of nitrogens with zero attached hydrogens (tertiary/aromatic N) is 1. The van der Waals surface area contributed by atoms with Gasteiger partial charge in [-0.25, -0.2) is 14.2 Å². The van der Waals surface area contributed by atoms with Gasteiger partial charge in [-0.2, -0.15) is 0 Å². The number of hydrogen-bond acceptors (Lipinski definition) is 7. The fourth-order valence-electron chi connectivity index (χ4n) is 2.30. The number of nitrogens with one attached hydrogen (secondary N) is 2. The summed E-state index contributed by atoms with van der Waals surface area (Å²) in [5.41, 5.74) is 1.02. The predicted octanol–water partition coefficient (Wildman–Crippen LogP) is 3.15. The molecule has 0 aliphatic carbocycles. The quantitative estimate of drug-likeness (QED) is 0.509. The monoisotopic (exact) mass is 407 g/mol. The number of thioether (sulfide) groups is 1. The molecule has 0 bridgehead atoms. The zero-order valence-corrected chi connectivity index (χ0v) is 15.9. The first-order chi connectivity index (χ1) is 12.9. The van der Waals surface area contributed by atoms with E-state index in [1.807, 2.05) is 0 Å². The van der Waals surface area contributed by atoms with Gasteiger partial charge in [0.15, 0.2) is 5.16 Å². The molecule has 2 heterocycles. The number of thiophene rings is 1. The van der Waals surface area contributed by atoms with Crippen molar-refractivity contribution in [2.75, 3.05) is 7.11 Å². The summed E-state index contributed by atoms with van der Waals surface area (Å²) in [4.78, 5) is 43.1. The molecule has 3 aromatic rings. The zero-order valence-electron chi connectivity index (χ0n) is 14.2. The molecule has 2 aromatic heterocycles.